The maximum atomic E-state index is 4.05. The van der Waals surface area contributed by atoms with E-state index in [0.29, 0.717) is 0 Å². The first-order chi connectivity index (χ1) is 6.86. The fourth-order valence-electron chi connectivity index (χ4n) is 1.37. The molecular formula is C11H19N3. The second-order valence-corrected chi connectivity index (χ2v) is 3.20. The molecule has 0 radical (unpaired) electrons. The third kappa shape index (κ3) is 3.75. The molecular weight excluding hydrogens is 174 g/mol. The quantitative estimate of drug-likeness (QED) is 0.747. The normalized spacial score (nSPS) is 10.5. The van der Waals surface area contributed by atoms with Crippen LogP contribution in [-0.2, 0) is 0 Å². The molecule has 3 nitrogen and oxygen atoms in total. The van der Waals surface area contributed by atoms with Crippen LogP contribution in [0.5, 0.6) is 0 Å². The molecule has 1 N–H and O–H groups in total. The molecule has 1 aromatic rings. The average Bonchev–Trinajstić information content (AvgIpc) is 2.26. The van der Waals surface area contributed by atoms with Gasteiger partial charge in [-0.1, -0.05) is 13.8 Å². The van der Waals surface area contributed by atoms with E-state index in [9.17, 15) is 0 Å². The van der Waals surface area contributed by atoms with E-state index in [2.05, 4.69) is 29.0 Å². The predicted molar refractivity (Wildman–Crippen MR) is 60.5 cm³/mol. The number of pyridine rings is 1. The van der Waals surface area contributed by atoms with Crippen molar-refractivity contribution in [1.29, 1.82) is 0 Å². The van der Waals surface area contributed by atoms with Crippen molar-refractivity contribution in [3.63, 3.8) is 0 Å². The van der Waals surface area contributed by atoms with Gasteiger partial charge in [0, 0.05) is 25.5 Å². The Morgan fingerprint density at radius 3 is 2.71 bits per heavy atom. The number of nitrogens with one attached hydrogen (secondary N) is 1. The number of anilines is 1. The average molecular weight is 193 g/mol. The van der Waals surface area contributed by atoms with Crippen LogP contribution in [0.1, 0.15) is 13.8 Å². The SMILES string of the molecule is CCN(CC)CCNc1cccnc1. The summed E-state index contributed by atoms with van der Waals surface area (Å²) < 4.78 is 0. The molecule has 0 spiro atoms. The molecule has 0 saturated carbocycles. The van der Waals surface area contributed by atoms with Gasteiger partial charge < -0.3 is 10.2 Å². The Labute approximate surface area is 86.2 Å². The summed E-state index contributed by atoms with van der Waals surface area (Å²) in [5, 5.41) is 3.34. The summed E-state index contributed by atoms with van der Waals surface area (Å²) >= 11 is 0. The van der Waals surface area contributed by atoms with Crippen LogP contribution < -0.4 is 5.32 Å². The lowest BCUT2D eigenvalue weighted by atomic mass is 10.4. The van der Waals surface area contributed by atoms with Crippen LogP contribution in [-0.4, -0.2) is 36.1 Å². The van der Waals surface area contributed by atoms with Crippen LogP contribution in [0, 0.1) is 0 Å². The Morgan fingerprint density at radius 2 is 2.14 bits per heavy atom. The van der Waals surface area contributed by atoms with Gasteiger partial charge in [-0.05, 0) is 25.2 Å². The number of hydrogen-bond donors (Lipinski definition) is 1. The van der Waals surface area contributed by atoms with Gasteiger partial charge in [0.1, 0.15) is 0 Å². The topological polar surface area (TPSA) is 28.2 Å². The second-order valence-electron chi connectivity index (χ2n) is 3.20. The number of nitrogens with zero attached hydrogens (tertiary/aromatic N) is 2. The summed E-state index contributed by atoms with van der Waals surface area (Å²) in [7, 11) is 0. The van der Waals surface area contributed by atoms with Gasteiger partial charge in [-0.25, -0.2) is 0 Å². The monoisotopic (exact) mass is 193 g/mol. The highest BCUT2D eigenvalue weighted by Crippen LogP contribution is 2.01. The summed E-state index contributed by atoms with van der Waals surface area (Å²) in [6, 6.07) is 3.98. The molecule has 3 heteroatoms. The minimum Gasteiger partial charge on any atom is -0.383 e. The van der Waals surface area contributed by atoms with E-state index in [1.807, 2.05) is 18.3 Å². The van der Waals surface area contributed by atoms with Gasteiger partial charge in [-0.15, -0.1) is 0 Å². The lowest BCUT2D eigenvalue weighted by molar-refractivity contribution is 0.316. The van der Waals surface area contributed by atoms with Crippen LogP contribution in [0.2, 0.25) is 0 Å². The van der Waals surface area contributed by atoms with Crippen molar-refractivity contribution >= 4 is 5.69 Å². The summed E-state index contributed by atoms with van der Waals surface area (Å²) in [5.41, 5.74) is 1.10. The molecule has 0 aromatic carbocycles. The first-order valence-electron chi connectivity index (χ1n) is 5.23. The maximum absolute atomic E-state index is 4.05. The van der Waals surface area contributed by atoms with Crippen molar-refractivity contribution in [3.05, 3.63) is 24.5 Å². The van der Waals surface area contributed by atoms with Gasteiger partial charge in [0.15, 0.2) is 0 Å². The highest BCUT2D eigenvalue weighted by atomic mass is 15.1. The minimum absolute atomic E-state index is 0.980. The number of aromatic nitrogens is 1. The molecule has 14 heavy (non-hydrogen) atoms. The van der Waals surface area contributed by atoms with Crippen molar-refractivity contribution < 1.29 is 0 Å². The zero-order valence-electron chi connectivity index (χ0n) is 9.03. The van der Waals surface area contributed by atoms with Gasteiger partial charge >= 0.3 is 0 Å². The van der Waals surface area contributed by atoms with Crippen LogP contribution in [0.3, 0.4) is 0 Å². The Kier molecular flexibility index (Phi) is 5.00. The number of hydrogen-bond acceptors (Lipinski definition) is 3. The second kappa shape index (κ2) is 6.38. The fourth-order valence-corrected chi connectivity index (χ4v) is 1.37. The fraction of sp³-hybridized carbons (Fsp3) is 0.545. The van der Waals surface area contributed by atoms with Gasteiger partial charge in [0.25, 0.3) is 0 Å². The first-order valence-corrected chi connectivity index (χ1v) is 5.23. The highest BCUT2D eigenvalue weighted by molar-refractivity contribution is 5.39. The first kappa shape index (κ1) is 11.0. The van der Waals surface area contributed by atoms with Crippen LogP contribution >= 0.6 is 0 Å². The summed E-state index contributed by atoms with van der Waals surface area (Å²) in [6.07, 6.45) is 3.64. The van der Waals surface area contributed by atoms with Crippen molar-refractivity contribution in [2.75, 3.05) is 31.5 Å². The molecule has 0 fully saturated rings. The molecule has 1 aromatic heterocycles. The third-order valence-electron chi connectivity index (χ3n) is 2.31. The van der Waals surface area contributed by atoms with Gasteiger partial charge in [0.2, 0.25) is 0 Å². The Bertz CT molecular complexity index is 232. The van der Waals surface area contributed by atoms with Crippen molar-refractivity contribution in [1.82, 2.24) is 9.88 Å². The zero-order valence-corrected chi connectivity index (χ0v) is 9.03. The molecule has 0 bridgehead atoms. The van der Waals surface area contributed by atoms with Crippen LogP contribution in [0.25, 0.3) is 0 Å². The number of likely N-dealkylation sites (N-methyl/N-ethyl adjacent to an activating group) is 1. The highest BCUT2D eigenvalue weighted by Gasteiger charge is 1.97. The Morgan fingerprint density at radius 1 is 1.36 bits per heavy atom. The lowest BCUT2D eigenvalue weighted by Crippen LogP contribution is -2.28. The molecule has 78 valence electrons. The van der Waals surface area contributed by atoms with E-state index >= 15 is 0 Å². The van der Waals surface area contributed by atoms with Crippen molar-refractivity contribution in [2.24, 2.45) is 0 Å². The summed E-state index contributed by atoms with van der Waals surface area (Å²) in [6.45, 7) is 8.67. The standard InChI is InChI=1S/C11H19N3/c1-3-14(4-2)9-8-13-11-6-5-7-12-10-11/h5-7,10,13H,3-4,8-9H2,1-2H3. The summed E-state index contributed by atoms with van der Waals surface area (Å²) in [4.78, 5) is 6.44. The van der Waals surface area contributed by atoms with Gasteiger partial charge in [-0.2, -0.15) is 0 Å². The van der Waals surface area contributed by atoms with E-state index in [-0.39, 0.29) is 0 Å². The number of rotatable bonds is 6. The summed E-state index contributed by atoms with van der Waals surface area (Å²) in [5.74, 6) is 0. The van der Waals surface area contributed by atoms with E-state index in [1.165, 1.54) is 0 Å². The Balaban J connectivity index is 2.21. The van der Waals surface area contributed by atoms with E-state index < -0.39 is 0 Å². The third-order valence-corrected chi connectivity index (χ3v) is 2.31. The molecule has 1 heterocycles. The predicted octanol–water partition coefficient (Wildman–Crippen LogP) is 1.84. The van der Waals surface area contributed by atoms with E-state index in [0.717, 1.165) is 31.9 Å². The lowest BCUT2D eigenvalue weighted by Gasteiger charge is -2.18. The molecule has 0 atom stereocenters. The molecule has 0 saturated heterocycles. The van der Waals surface area contributed by atoms with Crippen LogP contribution in [0.15, 0.2) is 24.5 Å². The molecule has 0 unspecified atom stereocenters. The molecule has 0 amide bonds. The molecule has 0 aliphatic heterocycles. The maximum Gasteiger partial charge on any atom is 0.0527 e. The molecule has 1 rings (SSSR count). The van der Waals surface area contributed by atoms with Gasteiger partial charge in [-0.3, -0.25) is 4.98 Å². The molecule has 0 aliphatic rings. The van der Waals surface area contributed by atoms with Crippen molar-refractivity contribution in [3.8, 4) is 0 Å². The Hall–Kier alpha value is -1.09. The van der Waals surface area contributed by atoms with Gasteiger partial charge in [0.05, 0.1) is 5.69 Å². The smallest absolute Gasteiger partial charge is 0.0527 e. The molecule has 0 aliphatic carbocycles. The van der Waals surface area contributed by atoms with Crippen molar-refractivity contribution in [2.45, 2.75) is 13.8 Å². The zero-order chi connectivity index (χ0) is 10.2. The largest absolute Gasteiger partial charge is 0.383 e. The van der Waals surface area contributed by atoms with E-state index in [1.54, 1.807) is 6.20 Å². The van der Waals surface area contributed by atoms with E-state index in [4.69, 9.17) is 0 Å². The minimum atomic E-state index is 0.980. The van der Waals surface area contributed by atoms with Crippen LogP contribution in [0.4, 0.5) is 5.69 Å².